The molecule has 3 rings (SSSR count). The summed E-state index contributed by atoms with van der Waals surface area (Å²) in [5.74, 6) is -0.301. The molecule has 8 nitrogen and oxygen atoms in total. The van der Waals surface area contributed by atoms with Gasteiger partial charge < -0.3 is 15.0 Å². The highest BCUT2D eigenvalue weighted by atomic mass is 79.9. The van der Waals surface area contributed by atoms with Gasteiger partial charge in [0.1, 0.15) is 18.3 Å². The molecule has 0 bridgehead atoms. The minimum absolute atomic E-state index is 0.00671. The van der Waals surface area contributed by atoms with Gasteiger partial charge in [-0.3, -0.25) is 13.9 Å². The highest BCUT2D eigenvalue weighted by molar-refractivity contribution is 9.10. The number of amides is 2. The summed E-state index contributed by atoms with van der Waals surface area (Å²) in [6.07, 6.45) is 0.361. The Hall–Kier alpha value is -3.37. The molecule has 3 aromatic carbocycles. The number of halogens is 1. The molecule has 0 aliphatic rings. The quantitative estimate of drug-likeness (QED) is 0.294. The first kappa shape index (κ1) is 31.2. The minimum Gasteiger partial charge on any atom is -0.496 e. The van der Waals surface area contributed by atoms with Crippen molar-refractivity contribution in [3.63, 3.8) is 0 Å². The number of aryl methyl sites for hydroxylation is 1. The molecule has 0 fully saturated rings. The lowest BCUT2D eigenvalue weighted by Crippen LogP contribution is -2.53. The summed E-state index contributed by atoms with van der Waals surface area (Å²) < 4.78 is 34.9. The van der Waals surface area contributed by atoms with Gasteiger partial charge in [0.2, 0.25) is 11.8 Å². The van der Waals surface area contributed by atoms with Gasteiger partial charge in [-0.05, 0) is 79.0 Å². The number of ether oxygens (including phenoxy) is 1. The molecule has 1 N–H and O–H groups in total. The molecule has 0 heterocycles. The average molecular weight is 631 g/mol. The van der Waals surface area contributed by atoms with E-state index >= 15 is 0 Å². The Morgan fingerprint density at radius 2 is 1.65 bits per heavy atom. The minimum atomic E-state index is -4.19. The summed E-state index contributed by atoms with van der Waals surface area (Å²) in [6.45, 7) is 7.10. The average Bonchev–Trinajstić information content (AvgIpc) is 2.92. The summed E-state index contributed by atoms with van der Waals surface area (Å²) >= 11 is 3.36. The molecule has 1 atom stereocenters. The van der Waals surface area contributed by atoms with Crippen molar-refractivity contribution in [1.29, 1.82) is 0 Å². The van der Waals surface area contributed by atoms with Crippen LogP contribution in [-0.2, 0) is 26.2 Å². The van der Waals surface area contributed by atoms with Crippen LogP contribution in [0, 0.1) is 6.92 Å². The van der Waals surface area contributed by atoms with Gasteiger partial charge in [-0.25, -0.2) is 8.42 Å². The van der Waals surface area contributed by atoms with E-state index in [1.54, 1.807) is 30.3 Å². The van der Waals surface area contributed by atoms with E-state index in [1.807, 2.05) is 58.0 Å². The molecular formula is C30H36BrN3O5S. The van der Waals surface area contributed by atoms with Gasteiger partial charge in [-0.1, -0.05) is 55.0 Å². The smallest absolute Gasteiger partial charge is 0.264 e. The van der Waals surface area contributed by atoms with Crippen LogP contribution in [0.25, 0.3) is 0 Å². The van der Waals surface area contributed by atoms with Crippen LogP contribution in [-0.4, -0.2) is 50.9 Å². The number of rotatable bonds is 12. The number of sulfonamides is 1. The molecule has 2 amide bonds. The first-order chi connectivity index (χ1) is 19.0. The lowest BCUT2D eigenvalue weighted by atomic mass is 10.1. The highest BCUT2D eigenvalue weighted by Crippen LogP contribution is 2.31. The van der Waals surface area contributed by atoms with Crippen molar-refractivity contribution in [3.8, 4) is 5.75 Å². The number of benzene rings is 3. The van der Waals surface area contributed by atoms with E-state index in [2.05, 4.69) is 21.2 Å². The predicted molar refractivity (Wildman–Crippen MR) is 161 cm³/mol. The Balaban J connectivity index is 2.07. The number of nitrogens with one attached hydrogen (secondary N) is 1. The van der Waals surface area contributed by atoms with Gasteiger partial charge in [0, 0.05) is 12.6 Å². The second kappa shape index (κ2) is 13.8. The molecule has 0 aliphatic carbocycles. The first-order valence-electron chi connectivity index (χ1n) is 13.0. The Kier molecular flexibility index (Phi) is 10.8. The molecule has 0 spiro atoms. The van der Waals surface area contributed by atoms with Gasteiger partial charge in [-0.15, -0.1) is 0 Å². The van der Waals surface area contributed by atoms with Crippen LogP contribution >= 0.6 is 15.9 Å². The van der Waals surface area contributed by atoms with E-state index in [0.717, 1.165) is 15.4 Å². The van der Waals surface area contributed by atoms with Crippen molar-refractivity contribution >= 4 is 43.5 Å². The van der Waals surface area contributed by atoms with Crippen molar-refractivity contribution in [2.24, 2.45) is 0 Å². The third-order valence-corrected chi connectivity index (χ3v) is 8.71. The zero-order valence-corrected chi connectivity index (χ0v) is 25.8. The van der Waals surface area contributed by atoms with E-state index in [0.29, 0.717) is 22.3 Å². The zero-order valence-electron chi connectivity index (χ0n) is 23.4. The van der Waals surface area contributed by atoms with Crippen molar-refractivity contribution < 1.29 is 22.7 Å². The summed E-state index contributed by atoms with van der Waals surface area (Å²) in [5, 5.41) is 2.90. The Morgan fingerprint density at radius 3 is 2.20 bits per heavy atom. The fourth-order valence-electron chi connectivity index (χ4n) is 4.25. The van der Waals surface area contributed by atoms with Gasteiger partial charge in [0.25, 0.3) is 10.0 Å². The Labute approximate surface area is 245 Å². The van der Waals surface area contributed by atoms with Crippen LogP contribution in [0.5, 0.6) is 5.75 Å². The lowest BCUT2D eigenvalue weighted by molar-refractivity contribution is -0.140. The predicted octanol–water partition coefficient (Wildman–Crippen LogP) is 5.29. The zero-order chi connectivity index (χ0) is 29.4. The second-order valence-corrected chi connectivity index (χ2v) is 12.5. The number of hydrogen-bond donors (Lipinski definition) is 1. The van der Waals surface area contributed by atoms with E-state index in [1.165, 1.54) is 24.1 Å². The molecule has 1 unspecified atom stereocenters. The largest absolute Gasteiger partial charge is 0.496 e. The van der Waals surface area contributed by atoms with Crippen molar-refractivity contribution in [2.45, 2.75) is 57.6 Å². The third kappa shape index (κ3) is 7.63. The van der Waals surface area contributed by atoms with Crippen LogP contribution in [0.2, 0.25) is 0 Å². The number of carbonyl (C=O) groups is 2. The third-order valence-electron chi connectivity index (χ3n) is 6.32. The molecule has 0 radical (unpaired) electrons. The maximum atomic E-state index is 14.0. The van der Waals surface area contributed by atoms with Gasteiger partial charge in [0.05, 0.1) is 22.2 Å². The van der Waals surface area contributed by atoms with E-state index in [4.69, 9.17) is 4.74 Å². The SMILES string of the molecule is CCC(C(=O)NC(C)C)N(Cc1ccccc1)C(=O)CN(c1ccc(C)cc1)S(=O)(=O)c1ccc(OC)c(Br)c1. The van der Waals surface area contributed by atoms with Crippen molar-refractivity contribution in [1.82, 2.24) is 10.2 Å². The molecule has 0 saturated carbocycles. The summed E-state index contributed by atoms with van der Waals surface area (Å²) in [4.78, 5) is 28.7. The van der Waals surface area contributed by atoms with Crippen LogP contribution < -0.4 is 14.4 Å². The fraction of sp³-hybridized carbons (Fsp3) is 0.333. The fourth-order valence-corrected chi connectivity index (χ4v) is 6.39. The van der Waals surface area contributed by atoms with Crippen LogP contribution in [0.3, 0.4) is 0 Å². The van der Waals surface area contributed by atoms with Crippen LogP contribution in [0.4, 0.5) is 5.69 Å². The number of anilines is 1. The normalized spacial score (nSPS) is 12.1. The van der Waals surface area contributed by atoms with Crippen LogP contribution in [0.15, 0.2) is 82.2 Å². The van der Waals surface area contributed by atoms with E-state index in [-0.39, 0.29) is 23.4 Å². The first-order valence-corrected chi connectivity index (χ1v) is 15.3. The molecular weight excluding hydrogens is 594 g/mol. The number of methoxy groups -OCH3 is 1. The maximum Gasteiger partial charge on any atom is 0.264 e. The van der Waals surface area contributed by atoms with Gasteiger partial charge >= 0.3 is 0 Å². The van der Waals surface area contributed by atoms with Gasteiger partial charge in [-0.2, -0.15) is 0 Å². The van der Waals surface area contributed by atoms with Gasteiger partial charge in [0.15, 0.2) is 0 Å². The van der Waals surface area contributed by atoms with Crippen molar-refractivity contribution in [2.75, 3.05) is 18.0 Å². The van der Waals surface area contributed by atoms with E-state index < -0.39 is 28.5 Å². The molecule has 0 aromatic heterocycles. The molecule has 40 heavy (non-hydrogen) atoms. The summed E-state index contributed by atoms with van der Waals surface area (Å²) in [6, 6.07) is 19.8. The summed E-state index contributed by atoms with van der Waals surface area (Å²) in [7, 11) is -2.70. The van der Waals surface area contributed by atoms with Crippen molar-refractivity contribution in [3.05, 3.63) is 88.4 Å². The van der Waals surface area contributed by atoms with Crippen LogP contribution in [0.1, 0.15) is 38.3 Å². The highest BCUT2D eigenvalue weighted by Gasteiger charge is 2.34. The monoisotopic (exact) mass is 629 g/mol. The number of carbonyl (C=O) groups excluding carboxylic acids is 2. The molecule has 0 saturated heterocycles. The maximum absolute atomic E-state index is 14.0. The second-order valence-electron chi connectivity index (χ2n) is 9.74. The lowest BCUT2D eigenvalue weighted by Gasteiger charge is -2.33. The number of hydrogen-bond acceptors (Lipinski definition) is 5. The molecule has 214 valence electrons. The van der Waals surface area contributed by atoms with E-state index in [9.17, 15) is 18.0 Å². The Bertz CT molecular complexity index is 1410. The molecule has 10 heteroatoms. The standard InChI is InChI=1S/C30H36BrN3O5S/c1-6-27(30(36)32-21(2)3)33(19-23-10-8-7-9-11-23)29(35)20-34(24-14-12-22(4)13-15-24)40(37,38)25-16-17-28(39-5)26(31)18-25/h7-18,21,27H,6,19-20H2,1-5H3,(H,32,36). The summed E-state index contributed by atoms with van der Waals surface area (Å²) in [5.41, 5.74) is 2.11. The Morgan fingerprint density at radius 1 is 1.00 bits per heavy atom. The topological polar surface area (TPSA) is 96.0 Å². The number of nitrogens with zero attached hydrogens (tertiary/aromatic N) is 2. The molecule has 3 aromatic rings. The molecule has 0 aliphatic heterocycles.